The van der Waals surface area contributed by atoms with Crippen LogP contribution in [0.3, 0.4) is 0 Å². The van der Waals surface area contributed by atoms with Crippen molar-refractivity contribution >= 4 is 12.0 Å². The number of hydrogen-bond donors (Lipinski definition) is 1. The second kappa shape index (κ2) is 4.30. The van der Waals surface area contributed by atoms with Crippen molar-refractivity contribution in [2.45, 2.75) is 51.2 Å². The first-order valence-corrected chi connectivity index (χ1v) is 6.60. The molecule has 0 bridgehead atoms. The van der Waals surface area contributed by atoms with Gasteiger partial charge in [-0.2, -0.15) is 0 Å². The molecule has 0 radical (unpaired) electrons. The lowest BCUT2D eigenvalue weighted by Crippen LogP contribution is -2.70. The van der Waals surface area contributed by atoms with Crippen molar-refractivity contribution in [2.24, 2.45) is 5.92 Å². The summed E-state index contributed by atoms with van der Waals surface area (Å²) in [6.45, 7) is 7.56. The normalized spacial score (nSPS) is 26.5. The average Bonchev–Trinajstić information content (AvgIpc) is 2.81. The fourth-order valence-electron chi connectivity index (χ4n) is 2.21. The smallest absolute Gasteiger partial charge is 0.410 e. The molecule has 0 aromatic carbocycles. The van der Waals surface area contributed by atoms with E-state index in [4.69, 9.17) is 4.74 Å². The highest BCUT2D eigenvalue weighted by Crippen LogP contribution is 2.48. The van der Waals surface area contributed by atoms with Gasteiger partial charge in [-0.1, -0.05) is 0 Å². The molecular weight excluding hydrogens is 270 g/mol. The lowest BCUT2D eigenvalue weighted by Gasteiger charge is -2.48. The third kappa shape index (κ3) is 3.19. The molecule has 2 aliphatic rings. The molecule has 1 unspecified atom stereocenters. The number of likely N-dealkylation sites (tertiary alicyclic amines) is 1. The van der Waals surface area contributed by atoms with Crippen molar-refractivity contribution in [1.82, 2.24) is 10.2 Å². The SMILES string of the molecule is CC1(NC(=O)C2CC2(F)F)CN(C(=O)OC(C)(C)C)C1. The lowest BCUT2D eigenvalue weighted by atomic mass is 9.92. The number of nitrogens with one attached hydrogen (secondary N) is 1. The maximum Gasteiger partial charge on any atom is 0.410 e. The number of carbonyl (C=O) groups excluding carboxylic acids is 2. The molecule has 1 aliphatic heterocycles. The Kier molecular flexibility index (Phi) is 3.22. The molecular formula is C13H20F2N2O3. The van der Waals surface area contributed by atoms with Gasteiger partial charge in [0.15, 0.2) is 0 Å². The lowest BCUT2D eigenvalue weighted by molar-refractivity contribution is -0.128. The van der Waals surface area contributed by atoms with Crippen LogP contribution in [0.5, 0.6) is 0 Å². The van der Waals surface area contributed by atoms with Crippen LogP contribution in [0.15, 0.2) is 0 Å². The summed E-state index contributed by atoms with van der Waals surface area (Å²) in [4.78, 5) is 24.8. The van der Waals surface area contributed by atoms with E-state index in [0.29, 0.717) is 0 Å². The van der Waals surface area contributed by atoms with E-state index in [-0.39, 0.29) is 19.5 Å². The van der Waals surface area contributed by atoms with Crippen molar-refractivity contribution in [3.63, 3.8) is 0 Å². The first-order valence-electron chi connectivity index (χ1n) is 6.60. The number of alkyl halides is 2. The minimum Gasteiger partial charge on any atom is -0.444 e. The summed E-state index contributed by atoms with van der Waals surface area (Å²) in [5.41, 5.74) is -1.23. The molecule has 1 atom stereocenters. The fraction of sp³-hybridized carbons (Fsp3) is 0.846. The van der Waals surface area contributed by atoms with E-state index in [2.05, 4.69) is 5.32 Å². The van der Waals surface area contributed by atoms with E-state index in [1.165, 1.54) is 4.90 Å². The monoisotopic (exact) mass is 290 g/mol. The fourth-order valence-corrected chi connectivity index (χ4v) is 2.21. The highest BCUT2D eigenvalue weighted by Gasteiger charge is 2.62. The van der Waals surface area contributed by atoms with Gasteiger partial charge in [0.1, 0.15) is 11.5 Å². The van der Waals surface area contributed by atoms with E-state index in [1.54, 1.807) is 27.7 Å². The molecule has 1 saturated carbocycles. The summed E-state index contributed by atoms with van der Waals surface area (Å²) in [5, 5.41) is 2.59. The molecule has 114 valence electrons. The minimum atomic E-state index is -2.87. The van der Waals surface area contributed by atoms with E-state index in [0.717, 1.165) is 0 Å². The first-order chi connectivity index (χ1) is 8.92. The van der Waals surface area contributed by atoms with Crippen LogP contribution >= 0.6 is 0 Å². The highest BCUT2D eigenvalue weighted by atomic mass is 19.3. The summed E-state index contributed by atoms with van der Waals surface area (Å²) < 4.78 is 30.8. The highest BCUT2D eigenvalue weighted by molar-refractivity contribution is 5.84. The van der Waals surface area contributed by atoms with Crippen molar-refractivity contribution in [1.29, 1.82) is 0 Å². The zero-order valence-corrected chi connectivity index (χ0v) is 12.1. The van der Waals surface area contributed by atoms with Crippen molar-refractivity contribution < 1.29 is 23.1 Å². The van der Waals surface area contributed by atoms with E-state index >= 15 is 0 Å². The Morgan fingerprint density at radius 2 is 1.80 bits per heavy atom. The van der Waals surface area contributed by atoms with Crippen LogP contribution in [0.25, 0.3) is 0 Å². The first kappa shape index (κ1) is 15.0. The molecule has 1 aliphatic carbocycles. The van der Waals surface area contributed by atoms with Crippen molar-refractivity contribution in [2.75, 3.05) is 13.1 Å². The number of hydrogen-bond acceptors (Lipinski definition) is 3. The summed E-state index contributed by atoms with van der Waals surface area (Å²) in [7, 11) is 0. The number of nitrogens with zero attached hydrogens (tertiary/aromatic N) is 1. The van der Waals surface area contributed by atoms with Crippen LogP contribution in [0, 0.1) is 5.92 Å². The Hall–Kier alpha value is -1.40. The number of ether oxygens (including phenoxy) is 1. The predicted octanol–water partition coefficient (Wildman–Crippen LogP) is 1.77. The van der Waals surface area contributed by atoms with Crippen LogP contribution in [0.2, 0.25) is 0 Å². The van der Waals surface area contributed by atoms with Crippen LogP contribution in [-0.4, -0.2) is 47.1 Å². The van der Waals surface area contributed by atoms with Gasteiger partial charge in [-0.25, -0.2) is 13.6 Å². The number of halogens is 2. The number of carbonyl (C=O) groups is 2. The molecule has 2 amide bonds. The second-order valence-corrected chi connectivity index (χ2v) is 6.90. The van der Waals surface area contributed by atoms with Gasteiger partial charge >= 0.3 is 6.09 Å². The standard InChI is InChI=1S/C13H20F2N2O3/c1-11(2,3)20-10(19)17-6-12(4,7-17)16-9(18)8-5-13(8,14)15/h8H,5-7H2,1-4H3,(H,16,18). The second-order valence-electron chi connectivity index (χ2n) is 6.90. The zero-order valence-electron chi connectivity index (χ0n) is 12.1. The zero-order chi connectivity index (χ0) is 15.3. The third-order valence-electron chi connectivity index (χ3n) is 3.30. The Balaban J connectivity index is 1.79. The Morgan fingerprint density at radius 1 is 1.30 bits per heavy atom. The molecule has 7 heteroatoms. The van der Waals surface area contributed by atoms with Crippen molar-refractivity contribution in [3.8, 4) is 0 Å². The molecule has 1 saturated heterocycles. The van der Waals surface area contributed by atoms with Crippen LogP contribution in [-0.2, 0) is 9.53 Å². The Morgan fingerprint density at radius 3 is 2.20 bits per heavy atom. The Labute approximate surface area is 116 Å². The predicted molar refractivity (Wildman–Crippen MR) is 67.4 cm³/mol. The largest absolute Gasteiger partial charge is 0.444 e. The van der Waals surface area contributed by atoms with Crippen LogP contribution < -0.4 is 5.32 Å². The quantitative estimate of drug-likeness (QED) is 0.843. The number of rotatable bonds is 2. The molecule has 1 heterocycles. The van der Waals surface area contributed by atoms with Crippen molar-refractivity contribution in [3.05, 3.63) is 0 Å². The summed E-state index contributed by atoms with van der Waals surface area (Å²) in [6, 6.07) is 0. The summed E-state index contributed by atoms with van der Waals surface area (Å²) >= 11 is 0. The molecule has 20 heavy (non-hydrogen) atoms. The molecule has 2 rings (SSSR count). The molecule has 2 fully saturated rings. The van der Waals surface area contributed by atoms with Gasteiger partial charge in [0.2, 0.25) is 5.91 Å². The Bertz CT molecular complexity index is 439. The summed E-state index contributed by atoms with van der Waals surface area (Å²) in [5.74, 6) is -4.72. The average molecular weight is 290 g/mol. The molecule has 0 aromatic rings. The molecule has 0 aromatic heterocycles. The molecule has 1 N–H and O–H groups in total. The van der Waals surface area contributed by atoms with E-state index < -0.39 is 35.0 Å². The van der Waals surface area contributed by atoms with Gasteiger partial charge in [-0.05, 0) is 27.7 Å². The maximum absolute atomic E-state index is 12.8. The minimum absolute atomic E-state index is 0.270. The van der Waals surface area contributed by atoms with E-state index in [9.17, 15) is 18.4 Å². The van der Waals surface area contributed by atoms with Gasteiger partial charge in [-0.15, -0.1) is 0 Å². The summed E-state index contributed by atoms with van der Waals surface area (Å²) in [6.07, 6.45) is -0.842. The molecule has 5 nitrogen and oxygen atoms in total. The topological polar surface area (TPSA) is 58.6 Å². The molecule has 0 spiro atoms. The van der Waals surface area contributed by atoms with Gasteiger partial charge < -0.3 is 15.0 Å². The van der Waals surface area contributed by atoms with E-state index in [1.807, 2.05) is 0 Å². The third-order valence-corrected chi connectivity index (χ3v) is 3.30. The maximum atomic E-state index is 12.8. The van der Waals surface area contributed by atoms with Gasteiger partial charge in [-0.3, -0.25) is 4.79 Å². The van der Waals surface area contributed by atoms with Gasteiger partial charge in [0, 0.05) is 19.5 Å². The van der Waals surface area contributed by atoms with Gasteiger partial charge in [0.25, 0.3) is 5.92 Å². The van der Waals surface area contributed by atoms with Crippen LogP contribution in [0.4, 0.5) is 13.6 Å². The number of amides is 2. The van der Waals surface area contributed by atoms with Crippen LogP contribution in [0.1, 0.15) is 34.1 Å². The van der Waals surface area contributed by atoms with Gasteiger partial charge in [0.05, 0.1) is 5.54 Å².